The van der Waals surface area contributed by atoms with Crippen LogP contribution in [-0.4, -0.2) is 20.2 Å². The van der Waals surface area contributed by atoms with E-state index in [9.17, 15) is 0 Å². The van der Waals surface area contributed by atoms with Gasteiger partial charge in [-0.2, -0.15) is 0 Å². The fourth-order valence-electron chi connectivity index (χ4n) is 3.58. The molecule has 0 amide bonds. The maximum absolute atomic E-state index is 5.71. The second-order valence-electron chi connectivity index (χ2n) is 8.14. The summed E-state index contributed by atoms with van der Waals surface area (Å²) in [5.41, 5.74) is 1.06. The topological polar surface area (TPSA) is 61.2 Å². The maximum Gasteiger partial charge on any atom is 0.215 e. The van der Waals surface area contributed by atoms with Crippen molar-refractivity contribution in [2.24, 2.45) is 0 Å². The van der Waals surface area contributed by atoms with Gasteiger partial charge in [-0.25, -0.2) is 4.68 Å². The first-order valence-corrected chi connectivity index (χ1v) is 10.6. The molecule has 0 spiro atoms. The van der Waals surface area contributed by atoms with Gasteiger partial charge in [0.2, 0.25) is 5.82 Å². The van der Waals surface area contributed by atoms with Crippen LogP contribution in [0.3, 0.4) is 0 Å². The van der Waals surface area contributed by atoms with Crippen molar-refractivity contribution in [2.75, 3.05) is 0 Å². The normalized spacial score (nSPS) is 14.0. The zero-order valence-corrected chi connectivity index (χ0v) is 17.8. The van der Waals surface area contributed by atoms with Crippen molar-refractivity contribution in [3.63, 3.8) is 0 Å². The third-order valence-corrected chi connectivity index (χ3v) is 5.82. The number of quaternary nitrogens is 1. The molecule has 4 aromatic rings. The van der Waals surface area contributed by atoms with Crippen LogP contribution in [0.2, 0.25) is 0 Å². The Balaban J connectivity index is 1.79. The summed E-state index contributed by atoms with van der Waals surface area (Å²) < 4.78 is 7.66. The van der Waals surface area contributed by atoms with Gasteiger partial charge in [-0.3, -0.25) is 0 Å². The van der Waals surface area contributed by atoms with Crippen molar-refractivity contribution < 1.29 is 9.32 Å². The average molecular weight is 409 g/mol. The number of tetrazole rings is 1. The zero-order chi connectivity index (χ0) is 20.3. The average Bonchev–Trinajstić information content (AvgIpc) is 3.45. The number of furan rings is 1. The summed E-state index contributed by atoms with van der Waals surface area (Å²) in [6.45, 7) is 7.95. The number of nitrogens with zero attached hydrogens (tertiary/aromatic N) is 4. The fourth-order valence-corrected chi connectivity index (χ4v) is 4.46. The Bertz CT molecular complexity index is 1000. The highest BCUT2D eigenvalue weighted by molar-refractivity contribution is 7.10. The lowest BCUT2D eigenvalue weighted by Crippen LogP contribution is -3.10. The monoisotopic (exact) mass is 408 g/mol. The van der Waals surface area contributed by atoms with Crippen LogP contribution in [0.15, 0.2) is 70.7 Å². The van der Waals surface area contributed by atoms with Crippen LogP contribution in [0, 0.1) is 0 Å². The second kappa shape index (κ2) is 8.31. The molecule has 3 heterocycles. The molecule has 1 N–H and O–H groups in total. The first kappa shape index (κ1) is 19.5. The van der Waals surface area contributed by atoms with Gasteiger partial charge in [-0.1, -0.05) is 36.4 Å². The smallest absolute Gasteiger partial charge is 0.215 e. The minimum Gasteiger partial charge on any atom is -0.463 e. The predicted octanol–water partition coefficient (Wildman–Crippen LogP) is 3.46. The molecule has 0 saturated carbocycles. The third-order valence-electron chi connectivity index (χ3n) is 4.88. The lowest BCUT2D eigenvalue weighted by atomic mass is 10.1. The van der Waals surface area contributed by atoms with Gasteiger partial charge >= 0.3 is 0 Å². The Morgan fingerprint density at radius 1 is 1.03 bits per heavy atom. The lowest BCUT2D eigenvalue weighted by molar-refractivity contribution is -0.953. The van der Waals surface area contributed by atoms with Gasteiger partial charge < -0.3 is 9.32 Å². The molecule has 0 bridgehead atoms. The summed E-state index contributed by atoms with van der Waals surface area (Å²) in [5, 5.41) is 15.0. The Labute approximate surface area is 174 Å². The molecule has 1 aromatic carbocycles. The summed E-state index contributed by atoms with van der Waals surface area (Å²) in [5.74, 6) is 1.82. The first-order valence-electron chi connectivity index (χ1n) is 9.75. The number of thiophene rings is 1. The molecule has 0 aliphatic carbocycles. The first-order chi connectivity index (χ1) is 14.0. The van der Waals surface area contributed by atoms with E-state index in [1.54, 1.807) is 17.6 Å². The molecule has 0 fully saturated rings. The summed E-state index contributed by atoms with van der Waals surface area (Å²) in [4.78, 5) is 2.55. The van der Waals surface area contributed by atoms with Crippen LogP contribution >= 0.6 is 11.3 Å². The molecule has 1 unspecified atom stereocenters. The van der Waals surface area contributed by atoms with E-state index in [1.807, 2.05) is 22.9 Å². The number of benzene rings is 1. The molecule has 0 saturated heterocycles. The molecule has 0 aliphatic rings. The summed E-state index contributed by atoms with van der Waals surface area (Å²) in [6.07, 6.45) is 1.73. The van der Waals surface area contributed by atoms with Gasteiger partial charge in [0.15, 0.2) is 11.8 Å². The van der Waals surface area contributed by atoms with Crippen molar-refractivity contribution in [2.45, 2.75) is 45.4 Å². The van der Waals surface area contributed by atoms with E-state index in [0.717, 1.165) is 24.7 Å². The van der Waals surface area contributed by atoms with Crippen molar-refractivity contribution >= 4 is 11.3 Å². The van der Waals surface area contributed by atoms with Gasteiger partial charge in [-0.15, -0.1) is 16.4 Å². The van der Waals surface area contributed by atoms with E-state index in [2.05, 4.69) is 78.1 Å². The number of rotatable bonds is 7. The lowest BCUT2D eigenvalue weighted by Gasteiger charge is -2.29. The summed E-state index contributed by atoms with van der Waals surface area (Å²) >= 11 is 1.74. The summed E-state index contributed by atoms with van der Waals surface area (Å²) in [6, 6.07) is 18.8. The minimum atomic E-state index is -0.211. The third kappa shape index (κ3) is 4.46. The quantitative estimate of drug-likeness (QED) is 0.509. The Hall–Kier alpha value is -2.77. The van der Waals surface area contributed by atoms with Crippen LogP contribution < -0.4 is 4.90 Å². The maximum atomic E-state index is 5.71. The van der Waals surface area contributed by atoms with Crippen LogP contribution in [0.4, 0.5) is 0 Å². The molecule has 7 heteroatoms. The molecule has 3 aromatic heterocycles. The van der Waals surface area contributed by atoms with Crippen LogP contribution in [0.5, 0.6) is 0 Å². The Morgan fingerprint density at radius 2 is 1.86 bits per heavy atom. The number of nitrogens with one attached hydrogen (secondary N) is 1. The molecular weight excluding hydrogens is 382 g/mol. The molecular formula is C22H26N5OS+. The van der Waals surface area contributed by atoms with E-state index in [-0.39, 0.29) is 11.6 Å². The predicted molar refractivity (Wildman–Crippen MR) is 112 cm³/mol. The molecule has 29 heavy (non-hydrogen) atoms. The van der Waals surface area contributed by atoms with Gasteiger partial charge in [0, 0.05) is 5.56 Å². The van der Waals surface area contributed by atoms with Crippen molar-refractivity contribution in [3.8, 4) is 0 Å². The number of aromatic nitrogens is 4. The Morgan fingerprint density at radius 3 is 2.52 bits per heavy atom. The van der Waals surface area contributed by atoms with E-state index < -0.39 is 0 Å². The SMILES string of the molecule is CC(C)(C)n1nnnc1[C@@H](c1cccs1)[NH+](Cc1ccccc1)Cc1ccco1. The highest BCUT2D eigenvalue weighted by atomic mass is 32.1. The highest BCUT2D eigenvalue weighted by Gasteiger charge is 2.35. The van der Waals surface area contributed by atoms with Crippen molar-refractivity contribution in [1.29, 1.82) is 0 Å². The van der Waals surface area contributed by atoms with E-state index >= 15 is 0 Å². The van der Waals surface area contributed by atoms with Crippen LogP contribution in [-0.2, 0) is 18.6 Å². The molecule has 0 radical (unpaired) electrons. The van der Waals surface area contributed by atoms with E-state index in [1.165, 1.54) is 15.3 Å². The van der Waals surface area contributed by atoms with Gasteiger partial charge in [0.25, 0.3) is 0 Å². The molecule has 150 valence electrons. The summed E-state index contributed by atoms with van der Waals surface area (Å²) in [7, 11) is 0. The molecule has 2 atom stereocenters. The number of hydrogen-bond acceptors (Lipinski definition) is 5. The molecule has 6 nitrogen and oxygen atoms in total. The van der Waals surface area contributed by atoms with Gasteiger partial charge in [0.05, 0.1) is 16.7 Å². The largest absolute Gasteiger partial charge is 0.463 e. The van der Waals surface area contributed by atoms with Crippen LogP contribution in [0.25, 0.3) is 0 Å². The zero-order valence-electron chi connectivity index (χ0n) is 16.9. The van der Waals surface area contributed by atoms with Crippen molar-refractivity contribution in [1.82, 2.24) is 20.2 Å². The number of hydrogen-bond donors (Lipinski definition) is 1. The van der Waals surface area contributed by atoms with Crippen LogP contribution in [0.1, 0.15) is 48.8 Å². The minimum absolute atomic E-state index is 0.00506. The molecule has 4 rings (SSSR count). The molecule has 0 aliphatic heterocycles. The van der Waals surface area contributed by atoms with Gasteiger partial charge in [0.1, 0.15) is 13.1 Å². The van der Waals surface area contributed by atoms with Gasteiger partial charge in [-0.05, 0) is 54.8 Å². The standard InChI is InChI=1S/C22H25N5OS/c1-22(2,3)27-21(23-24-25-27)20(19-12-8-14-29-19)26(16-18-11-7-13-28-18)15-17-9-5-4-6-10-17/h4-14,20H,15-16H2,1-3H3/p+1/t20-/m1/s1. The fraction of sp³-hybridized carbons (Fsp3) is 0.318. The van der Waals surface area contributed by atoms with E-state index in [0.29, 0.717) is 0 Å². The van der Waals surface area contributed by atoms with Crippen molar-refractivity contribution in [3.05, 3.63) is 88.3 Å². The van der Waals surface area contributed by atoms with E-state index in [4.69, 9.17) is 4.42 Å². The Kier molecular flexibility index (Phi) is 5.60. The second-order valence-corrected chi connectivity index (χ2v) is 9.12. The highest BCUT2D eigenvalue weighted by Crippen LogP contribution is 2.26.